The van der Waals surface area contributed by atoms with E-state index in [-0.39, 0.29) is 0 Å². The van der Waals surface area contributed by atoms with E-state index in [1.807, 2.05) is 36.4 Å². The van der Waals surface area contributed by atoms with Gasteiger partial charge in [0.1, 0.15) is 5.75 Å². The quantitative estimate of drug-likeness (QED) is 0.851. The van der Waals surface area contributed by atoms with Gasteiger partial charge < -0.3 is 10.1 Å². The van der Waals surface area contributed by atoms with Crippen molar-refractivity contribution in [2.45, 2.75) is 13.3 Å². The van der Waals surface area contributed by atoms with Crippen LogP contribution in [0.15, 0.2) is 46.9 Å². The minimum absolute atomic E-state index is 0.616. The van der Waals surface area contributed by atoms with Gasteiger partial charge in [0.25, 0.3) is 0 Å². The van der Waals surface area contributed by atoms with Crippen molar-refractivity contribution in [1.82, 2.24) is 0 Å². The Labute approximate surface area is 127 Å². The van der Waals surface area contributed by atoms with E-state index < -0.39 is 0 Å². The number of benzene rings is 2. The van der Waals surface area contributed by atoms with Gasteiger partial charge in [0.2, 0.25) is 0 Å². The van der Waals surface area contributed by atoms with Crippen molar-refractivity contribution in [3.63, 3.8) is 0 Å². The van der Waals surface area contributed by atoms with Crippen molar-refractivity contribution in [3.8, 4) is 11.8 Å². The topological polar surface area (TPSA) is 45.0 Å². The zero-order valence-electron chi connectivity index (χ0n) is 11.2. The highest BCUT2D eigenvalue weighted by molar-refractivity contribution is 9.10. The van der Waals surface area contributed by atoms with Crippen LogP contribution in [0.2, 0.25) is 0 Å². The maximum atomic E-state index is 8.96. The second-order valence-corrected chi connectivity index (χ2v) is 5.25. The molecule has 2 rings (SSSR count). The molecule has 0 radical (unpaired) electrons. The maximum absolute atomic E-state index is 8.96. The van der Waals surface area contributed by atoms with Gasteiger partial charge in [0, 0.05) is 15.8 Å². The monoisotopic (exact) mass is 330 g/mol. The lowest BCUT2D eigenvalue weighted by molar-refractivity contribution is 0.317. The first-order valence-electron chi connectivity index (χ1n) is 6.42. The molecule has 0 aliphatic carbocycles. The van der Waals surface area contributed by atoms with Crippen LogP contribution in [0.1, 0.15) is 18.9 Å². The molecule has 4 heteroatoms. The van der Waals surface area contributed by atoms with Gasteiger partial charge in [-0.25, -0.2) is 0 Å². The average Bonchev–Trinajstić information content (AvgIpc) is 2.46. The smallest absolute Gasteiger partial charge is 0.119 e. The summed E-state index contributed by atoms with van der Waals surface area (Å²) in [5, 5.41) is 12.2. The molecule has 0 heterocycles. The van der Waals surface area contributed by atoms with Crippen LogP contribution < -0.4 is 10.1 Å². The van der Waals surface area contributed by atoms with Crippen LogP contribution >= 0.6 is 15.9 Å². The Morgan fingerprint density at radius 2 is 1.90 bits per heavy atom. The van der Waals surface area contributed by atoms with Crippen molar-refractivity contribution in [2.75, 3.05) is 11.9 Å². The number of hydrogen-bond acceptors (Lipinski definition) is 3. The Hall–Kier alpha value is -1.99. The number of rotatable bonds is 5. The number of nitrogens with one attached hydrogen (secondary N) is 1. The minimum Gasteiger partial charge on any atom is -0.494 e. The normalized spacial score (nSPS) is 9.85. The summed E-state index contributed by atoms with van der Waals surface area (Å²) in [6.45, 7) is 2.81. The fourth-order valence-corrected chi connectivity index (χ4v) is 2.24. The summed E-state index contributed by atoms with van der Waals surface area (Å²) >= 11 is 3.40. The molecule has 0 saturated carbocycles. The Balaban J connectivity index is 2.10. The van der Waals surface area contributed by atoms with E-state index in [0.717, 1.165) is 34.6 Å². The van der Waals surface area contributed by atoms with Crippen LogP contribution in [0.5, 0.6) is 5.75 Å². The van der Waals surface area contributed by atoms with Gasteiger partial charge >= 0.3 is 0 Å². The number of nitrogens with zero attached hydrogens (tertiary/aromatic N) is 1. The molecule has 3 nitrogen and oxygen atoms in total. The first-order chi connectivity index (χ1) is 9.71. The number of nitriles is 1. The third-order valence-corrected chi connectivity index (χ3v) is 3.10. The second-order valence-electron chi connectivity index (χ2n) is 4.34. The predicted molar refractivity (Wildman–Crippen MR) is 84.4 cm³/mol. The number of hydrogen-bond donors (Lipinski definition) is 1. The molecule has 0 atom stereocenters. The lowest BCUT2D eigenvalue weighted by Crippen LogP contribution is -1.95. The van der Waals surface area contributed by atoms with E-state index in [0.29, 0.717) is 5.56 Å². The summed E-state index contributed by atoms with van der Waals surface area (Å²) in [6.07, 6.45) is 0.995. The molecule has 0 bridgehead atoms. The van der Waals surface area contributed by atoms with Gasteiger partial charge in [-0.1, -0.05) is 22.9 Å². The zero-order chi connectivity index (χ0) is 14.4. The van der Waals surface area contributed by atoms with Crippen LogP contribution in [0, 0.1) is 11.3 Å². The maximum Gasteiger partial charge on any atom is 0.119 e. The number of anilines is 2. The molecular formula is C16H15BrN2O. The Morgan fingerprint density at radius 1 is 1.15 bits per heavy atom. The Morgan fingerprint density at radius 3 is 2.55 bits per heavy atom. The van der Waals surface area contributed by atoms with Crippen LogP contribution in [0.4, 0.5) is 11.4 Å². The van der Waals surface area contributed by atoms with E-state index in [1.54, 1.807) is 6.07 Å². The molecule has 0 aliphatic rings. The average molecular weight is 331 g/mol. The van der Waals surface area contributed by atoms with E-state index in [2.05, 4.69) is 34.2 Å². The molecule has 2 aromatic carbocycles. The first-order valence-corrected chi connectivity index (χ1v) is 7.21. The Bertz CT molecular complexity index is 617. The van der Waals surface area contributed by atoms with Crippen molar-refractivity contribution < 1.29 is 4.74 Å². The van der Waals surface area contributed by atoms with Gasteiger partial charge in [-0.3, -0.25) is 0 Å². The summed E-state index contributed by atoms with van der Waals surface area (Å²) < 4.78 is 6.41. The molecule has 1 N–H and O–H groups in total. The highest BCUT2D eigenvalue weighted by Gasteiger charge is 2.00. The molecule has 0 aliphatic heterocycles. The largest absolute Gasteiger partial charge is 0.494 e. The molecule has 0 fully saturated rings. The third kappa shape index (κ3) is 4.01. The molecular weight excluding hydrogens is 316 g/mol. The molecule has 2 aromatic rings. The zero-order valence-corrected chi connectivity index (χ0v) is 12.8. The van der Waals surface area contributed by atoms with E-state index in [9.17, 15) is 0 Å². The highest BCUT2D eigenvalue weighted by atomic mass is 79.9. The van der Waals surface area contributed by atoms with Crippen molar-refractivity contribution in [2.24, 2.45) is 0 Å². The number of halogens is 1. The van der Waals surface area contributed by atoms with Crippen LogP contribution in [0.3, 0.4) is 0 Å². The predicted octanol–water partition coefficient (Wildman–Crippen LogP) is 4.85. The summed E-state index contributed by atoms with van der Waals surface area (Å²) in [4.78, 5) is 0. The molecule has 0 amide bonds. The van der Waals surface area contributed by atoms with Gasteiger partial charge in [-0.15, -0.1) is 0 Å². The van der Waals surface area contributed by atoms with Gasteiger partial charge in [-0.2, -0.15) is 5.26 Å². The third-order valence-electron chi connectivity index (χ3n) is 2.64. The lowest BCUT2D eigenvalue weighted by Gasteiger charge is -2.09. The Kier molecular flexibility index (Phi) is 5.03. The second kappa shape index (κ2) is 6.97. The molecule has 0 saturated heterocycles. The van der Waals surface area contributed by atoms with E-state index in [1.165, 1.54) is 0 Å². The fraction of sp³-hybridized carbons (Fsp3) is 0.188. The van der Waals surface area contributed by atoms with Crippen LogP contribution in [-0.4, -0.2) is 6.61 Å². The van der Waals surface area contributed by atoms with Crippen LogP contribution in [0.25, 0.3) is 0 Å². The number of ether oxygens (including phenoxy) is 1. The fourth-order valence-electron chi connectivity index (χ4n) is 1.75. The summed E-state index contributed by atoms with van der Waals surface area (Å²) in [5.74, 6) is 0.865. The standard InChI is InChI=1S/C16H15BrN2O/c1-2-7-20-16-5-3-14(4-6-16)19-15-9-12(11-18)8-13(17)10-15/h3-6,8-10,19H,2,7H2,1H3. The summed E-state index contributed by atoms with van der Waals surface area (Å²) in [5.41, 5.74) is 2.44. The first kappa shape index (κ1) is 14.4. The van der Waals surface area contributed by atoms with Crippen molar-refractivity contribution >= 4 is 27.3 Å². The molecule has 0 spiro atoms. The molecule has 0 unspecified atom stereocenters. The molecule has 0 aromatic heterocycles. The summed E-state index contributed by atoms with van der Waals surface area (Å²) in [6, 6.07) is 15.4. The van der Waals surface area contributed by atoms with Crippen LogP contribution in [-0.2, 0) is 0 Å². The van der Waals surface area contributed by atoms with Gasteiger partial charge in [-0.05, 0) is 48.9 Å². The van der Waals surface area contributed by atoms with Crippen molar-refractivity contribution in [1.29, 1.82) is 5.26 Å². The summed E-state index contributed by atoms with van der Waals surface area (Å²) in [7, 11) is 0. The molecule has 102 valence electrons. The SMILES string of the molecule is CCCOc1ccc(Nc2cc(Br)cc(C#N)c2)cc1. The highest BCUT2D eigenvalue weighted by Crippen LogP contribution is 2.24. The van der Waals surface area contributed by atoms with Gasteiger partial charge in [0.05, 0.1) is 18.2 Å². The molecule has 20 heavy (non-hydrogen) atoms. The minimum atomic E-state index is 0.616. The van der Waals surface area contributed by atoms with Gasteiger partial charge in [0.15, 0.2) is 0 Å². The van der Waals surface area contributed by atoms with Crippen molar-refractivity contribution in [3.05, 3.63) is 52.5 Å². The van der Waals surface area contributed by atoms with E-state index >= 15 is 0 Å². The van der Waals surface area contributed by atoms with E-state index in [4.69, 9.17) is 10.00 Å². The lowest BCUT2D eigenvalue weighted by atomic mass is 10.2.